The molecule has 1 aliphatic heterocycles. The number of urea groups is 1. The minimum atomic E-state index is -0.268. The zero-order valence-corrected chi connectivity index (χ0v) is 14.3. The molecule has 0 aliphatic carbocycles. The number of carbonyl (C=O) groups is 2. The summed E-state index contributed by atoms with van der Waals surface area (Å²) in [6.07, 6.45) is 0.848. The third kappa shape index (κ3) is 3.91. The van der Waals surface area contributed by atoms with Crippen molar-refractivity contribution >= 4 is 23.3 Å². The standard InChI is InChI=1S/C19H21N3O3/c1-13(23)22-10-9-15-11-14(3-8-18(15)22)12-20-19(24)21-16-4-6-17(25-2)7-5-16/h3-8,11H,9-10,12H2,1-2H3,(H2,20,21,24). The lowest BCUT2D eigenvalue weighted by Crippen LogP contribution is -2.28. The van der Waals surface area contributed by atoms with Gasteiger partial charge in [0.2, 0.25) is 5.91 Å². The molecule has 0 radical (unpaired) electrons. The van der Waals surface area contributed by atoms with Crippen LogP contribution in [0.4, 0.5) is 16.2 Å². The van der Waals surface area contributed by atoms with Crippen LogP contribution in [0.25, 0.3) is 0 Å². The van der Waals surface area contributed by atoms with Gasteiger partial charge in [-0.05, 0) is 47.9 Å². The summed E-state index contributed by atoms with van der Waals surface area (Å²) in [5.74, 6) is 0.798. The molecule has 1 aliphatic rings. The average Bonchev–Trinajstić information content (AvgIpc) is 3.04. The Balaban J connectivity index is 1.56. The van der Waals surface area contributed by atoms with E-state index in [4.69, 9.17) is 4.74 Å². The Labute approximate surface area is 146 Å². The summed E-state index contributed by atoms with van der Waals surface area (Å²) in [5.41, 5.74) is 3.82. The van der Waals surface area contributed by atoms with Gasteiger partial charge in [0.25, 0.3) is 0 Å². The highest BCUT2D eigenvalue weighted by Crippen LogP contribution is 2.28. The third-order valence-corrected chi connectivity index (χ3v) is 4.22. The van der Waals surface area contributed by atoms with Crippen LogP contribution in [0.2, 0.25) is 0 Å². The van der Waals surface area contributed by atoms with Gasteiger partial charge in [-0.25, -0.2) is 4.79 Å². The average molecular weight is 339 g/mol. The number of nitrogens with one attached hydrogen (secondary N) is 2. The number of benzene rings is 2. The van der Waals surface area contributed by atoms with E-state index < -0.39 is 0 Å². The first kappa shape index (κ1) is 16.8. The van der Waals surface area contributed by atoms with Crippen LogP contribution < -0.4 is 20.3 Å². The van der Waals surface area contributed by atoms with Gasteiger partial charge in [-0.2, -0.15) is 0 Å². The summed E-state index contributed by atoms with van der Waals surface area (Å²) in [6, 6.07) is 12.8. The van der Waals surface area contributed by atoms with Crippen molar-refractivity contribution in [1.82, 2.24) is 5.32 Å². The van der Waals surface area contributed by atoms with Gasteiger partial charge in [0.1, 0.15) is 5.75 Å². The molecule has 0 saturated heterocycles. The first-order valence-corrected chi connectivity index (χ1v) is 8.15. The normalized spacial score (nSPS) is 12.5. The number of fused-ring (bicyclic) bond motifs is 1. The molecule has 0 saturated carbocycles. The second-order valence-corrected chi connectivity index (χ2v) is 5.92. The fourth-order valence-electron chi connectivity index (χ4n) is 2.92. The van der Waals surface area contributed by atoms with Gasteiger partial charge in [0.05, 0.1) is 7.11 Å². The van der Waals surface area contributed by atoms with Crippen molar-refractivity contribution in [2.45, 2.75) is 19.9 Å². The van der Waals surface area contributed by atoms with E-state index in [9.17, 15) is 9.59 Å². The maximum atomic E-state index is 12.0. The number of anilines is 2. The van der Waals surface area contributed by atoms with Crippen molar-refractivity contribution in [3.63, 3.8) is 0 Å². The van der Waals surface area contributed by atoms with Crippen molar-refractivity contribution < 1.29 is 14.3 Å². The summed E-state index contributed by atoms with van der Waals surface area (Å²) >= 11 is 0. The fourth-order valence-corrected chi connectivity index (χ4v) is 2.92. The van der Waals surface area contributed by atoms with E-state index in [0.717, 1.165) is 35.5 Å². The van der Waals surface area contributed by atoms with Gasteiger partial charge in [0, 0.05) is 31.4 Å². The van der Waals surface area contributed by atoms with Crippen LogP contribution in [0, 0.1) is 0 Å². The third-order valence-electron chi connectivity index (χ3n) is 4.22. The molecule has 0 atom stereocenters. The second-order valence-electron chi connectivity index (χ2n) is 5.92. The first-order valence-electron chi connectivity index (χ1n) is 8.15. The number of rotatable bonds is 4. The lowest BCUT2D eigenvalue weighted by atomic mass is 10.1. The molecule has 6 heteroatoms. The van der Waals surface area contributed by atoms with Gasteiger partial charge in [-0.15, -0.1) is 0 Å². The Morgan fingerprint density at radius 3 is 2.60 bits per heavy atom. The van der Waals surface area contributed by atoms with Gasteiger partial charge < -0.3 is 20.3 Å². The van der Waals surface area contributed by atoms with Crippen LogP contribution in [-0.2, 0) is 17.8 Å². The van der Waals surface area contributed by atoms with Crippen molar-refractivity contribution in [3.8, 4) is 5.75 Å². The minimum Gasteiger partial charge on any atom is -0.497 e. The molecule has 2 aromatic carbocycles. The predicted molar refractivity (Wildman–Crippen MR) is 97.0 cm³/mol. The van der Waals surface area contributed by atoms with Crippen LogP contribution in [-0.4, -0.2) is 25.6 Å². The molecular formula is C19H21N3O3. The largest absolute Gasteiger partial charge is 0.497 e. The quantitative estimate of drug-likeness (QED) is 0.900. The maximum Gasteiger partial charge on any atom is 0.319 e. The van der Waals surface area contributed by atoms with E-state index in [-0.39, 0.29) is 11.9 Å². The molecule has 25 heavy (non-hydrogen) atoms. The van der Waals surface area contributed by atoms with Crippen LogP contribution in [0.15, 0.2) is 42.5 Å². The molecule has 2 N–H and O–H groups in total. The Morgan fingerprint density at radius 2 is 1.92 bits per heavy atom. The summed E-state index contributed by atoms with van der Waals surface area (Å²) in [7, 11) is 1.60. The molecule has 6 nitrogen and oxygen atoms in total. The van der Waals surface area contributed by atoms with Crippen LogP contribution in [0.3, 0.4) is 0 Å². The molecule has 1 heterocycles. The van der Waals surface area contributed by atoms with Crippen molar-refractivity contribution in [3.05, 3.63) is 53.6 Å². The number of amides is 3. The molecule has 0 aromatic heterocycles. The summed E-state index contributed by atoms with van der Waals surface area (Å²) < 4.78 is 5.09. The highest BCUT2D eigenvalue weighted by molar-refractivity contribution is 5.93. The summed E-state index contributed by atoms with van der Waals surface area (Å²) in [4.78, 5) is 25.4. The minimum absolute atomic E-state index is 0.0588. The van der Waals surface area contributed by atoms with Crippen LogP contribution >= 0.6 is 0 Å². The molecule has 130 valence electrons. The Kier molecular flexibility index (Phi) is 4.88. The molecule has 0 unspecified atom stereocenters. The van der Waals surface area contributed by atoms with Gasteiger partial charge in [-0.3, -0.25) is 4.79 Å². The number of carbonyl (C=O) groups excluding carboxylic acids is 2. The number of hydrogen-bond acceptors (Lipinski definition) is 3. The summed E-state index contributed by atoms with van der Waals surface area (Å²) in [5, 5.41) is 5.62. The maximum absolute atomic E-state index is 12.0. The van der Waals surface area contributed by atoms with Crippen LogP contribution in [0.5, 0.6) is 5.75 Å². The molecule has 3 amide bonds. The van der Waals surface area contributed by atoms with Gasteiger partial charge in [-0.1, -0.05) is 12.1 Å². The zero-order valence-electron chi connectivity index (χ0n) is 14.3. The summed E-state index contributed by atoms with van der Waals surface area (Å²) in [6.45, 7) is 2.73. The molecular weight excluding hydrogens is 318 g/mol. The van der Waals surface area contributed by atoms with Gasteiger partial charge >= 0.3 is 6.03 Å². The zero-order chi connectivity index (χ0) is 17.8. The smallest absolute Gasteiger partial charge is 0.319 e. The monoisotopic (exact) mass is 339 g/mol. The highest BCUT2D eigenvalue weighted by atomic mass is 16.5. The fraction of sp³-hybridized carbons (Fsp3) is 0.263. The number of ether oxygens (including phenoxy) is 1. The van der Waals surface area contributed by atoms with E-state index in [1.54, 1.807) is 43.2 Å². The van der Waals surface area contributed by atoms with E-state index in [1.165, 1.54) is 0 Å². The molecule has 0 spiro atoms. The second kappa shape index (κ2) is 7.25. The number of hydrogen-bond donors (Lipinski definition) is 2. The van der Waals surface area contributed by atoms with Gasteiger partial charge in [0.15, 0.2) is 0 Å². The van der Waals surface area contributed by atoms with E-state index in [2.05, 4.69) is 10.6 Å². The van der Waals surface area contributed by atoms with Crippen molar-refractivity contribution in [1.29, 1.82) is 0 Å². The topological polar surface area (TPSA) is 70.7 Å². The van der Waals surface area contributed by atoms with Crippen molar-refractivity contribution in [2.24, 2.45) is 0 Å². The molecule has 3 rings (SSSR count). The molecule has 0 bridgehead atoms. The Hall–Kier alpha value is -3.02. The molecule has 2 aromatic rings. The number of nitrogens with zero attached hydrogens (tertiary/aromatic N) is 1. The first-order chi connectivity index (χ1) is 12.1. The number of methoxy groups -OCH3 is 1. The van der Waals surface area contributed by atoms with E-state index in [0.29, 0.717) is 12.2 Å². The Bertz CT molecular complexity index is 787. The SMILES string of the molecule is COc1ccc(NC(=O)NCc2ccc3c(c2)CCN3C(C)=O)cc1. The lowest BCUT2D eigenvalue weighted by Gasteiger charge is -2.15. The van der Waals surface area contributed by atoms with Crippen molar-refractivity contribution in [2.75, 3.05) is 23.9 Å². The highest BCUT2D eigenvalue weighted by Gasteiger charge is 2.22. The Morgan fingerprint density at radius 1 is 1.16 bits per heavy atom. The predicted octanol–water partition coefficient (Wildman–Crippen LogP) is 2.93. The van der Waals surface area contributed by atoms with E-state index >= 15 is 0 Å². The van der Waals surface area contributed by atoms with Crippen LogP contribution in [0.1, 0.15) is 18.1 Å². The van der Waals surface area contributed by atoms with E-state index in [1.807, 2.05) is 18.2 Å². The molecule has 0 fully saturated rings. The lowest BCUT2D eigenvalue weighted by molar-refractivity contribution is -0.116.